The van der Waals surface area contributed by atoms with Crippen LogP contribution in [0.25, 0.3) is 32.2 Å². The van der Waals surface area contributed by atoms with Crippen molar-refractivity contribution in [1.29, 1.82) is 0 Å². The Bertz CT molecular complexity index is 1360. The number of fused-ring (bicyclic) bond motifs is 2. The van der Waals surface area contributed by atoms with E-state index in [0.29, 0.717) is 21.6 Å². The van der Waals surface area contributed by atoms with Gasteiger partial charge in [-0.15, -0.1) is 0 Å². The van der Waals surface area contributed by atoms with Gasteiger partial charge in [0.2, 0.25) is 5.43 Å². The van der Waals surface area contributed by atoms with E-state index in [-0.39, 0.29) is 28.1 Å². The van der Waals surface area contributed by atoms with Gasteiger partial charge in [0, 0.05) is 11.7 Å². The minimum atomic E-state index is -0.584. The first-order valence-electron chi connectivity index (χ1n) is 8.83. The summed E-state index contributed by atoms with van der Waals surface area (Å²) in [4.78, 5) is 25.8. The molecule has 4 aromatic rings. The fourth-order valence-corrected chi connectivity index (χ4v) is 4.64. The van der Waals surface area contributed by atoms with Gasteiger partial charge in [-0.25, -0.2) is 4.39 Å². The predicted molar refractivity (Wildman–Crippen MR) is 109 cm³/mol. The number of anilines is 1. The molecule has 2 aromatic heterocycles. The summed E-state index contributed by atoms with van der Waals surface area (Å²) in [5.74, 6) is -0.300. The number of hydrogen-bond donors (Lipinski definition) is 2. The number of nitrogens with two attached hydrogens (primary N) is 1. The monoisotopic (exact) mass is 397 g/mol. The second kappa shape index (κ2) is 5.93. The molecule has 5 rings (SSSR count). The van der Waals surface area contributed by atoms with Crippen molar-refractivity contribution < 1.29 is 9.13 Å². The Morgan fingerprint density at radius 1 is 1.25 bits per heavy atom. The Kier molecular flexibility index (Phi) is 3.60. The largest absolute Gasteiger partial charge is 0.494 e. The number of methoxy groups -OCH3 is 1. The average molecular weight is 397 g/mol. The normalized spacial score (nSPS) is 14.1. The maximum absolute atomic E-state index is 15.2. The third-order valence-corrected chi connectivity index (χ3v) is 6.02. The summed E-state index contributed by atoms with van der Waals surface area (Å²) in [6.45, 7) is 0. The highest BCUT2D eigenvalue weighted by Gasteiger charge is 2.31. The van der Waals surface area contributed by atoms with Gasteiger partial charge in [0.25, 0.3) is 5.56 Å². The van der Waals surface area contributed by atoms with Crippen LogP contribution in [0.3, 0.4) is 0 Å². The molecule has 6 nitrogen and oxygen atoms in total. The van der Waals surface area contributed by atoms with E-state index in [0.717, 1.165) is 24.4 Å². The summed E-state index contributed by atoms with van der Waals surface area (Å²) in [5, 5.41) is 0.225. The smallest absolute Gasteiger partial charge is 0.271 e. The van der Waals surface area contributed by atoms with Crippen LogP contribution in [-0.2, 0) is 0 Å². The SMILES string of the molecule is COc1c(-c2ccc(N)cc2)c(F)cc2c(=O)c3c(=O)[nH]sc3n(C3CC3)c12. The summed E-state index contributed by atoms with van der Waals surface area (Å²) in [7, 11) is 1.46. The van der Waals surface area contributed by atoms with E-state index < -0.39 is 16.8 Å². The number of benzene rings is 2. The molecular formula is C20H16FN3O3S. The molecule has 1 saturated carbocycles. The summed E-state index contributed by atoms with van der Waals surface area (Å²) < 4.78 is 25.4. The predicted octanol–water partition coefficient (Wildman–Crippen LogP) is 3.64. The van der Waals surface area contributed by atoms with Gasteiger partial charge in [-0.1, -0.05) is 12.1 Å². The van der Waals surface area contributed by atoms with Crippen LogP contribution in [0, 0.1) is 5.82 Å². The maximum Gasteiger partial charge on any atom is 0.271 e. The average Bonchev–Trinajstić information content (AvgIpc) is 3.44. The summed E-state index contributed by atoms with van der Waals surface area (Å²) in [6.07, 6.45) is 1.85. The van der Waals surface area contributed by atoms with Crippen LogP contribution in [0.2, 0.25) is 0 Å². The summed E-state index contributed by atoms with van der Waals surface area (Å²) in [5.41, 5.74) is 6.79. The molecule has 2 heterocycles. The first-order chi connectivity index (χ1) is 13.5. The maximum atomic E-state index is 15.2. The van der Waals surface area contributed by atoms with E-state index in [2.05, 4.69) is 4.37 Å². The minimum Gasteiger partial charge on any atom is -0.494 e. The van der Waals surface area contributed by atoms with E-state index in [4.69, 9.17) is 10.5 Å². The number of nitrogen functional groups attached to an aromatic ring is 1. The Morgan fingerprint density at radius 3 is 2.61 bits per heavy atom. The molecule has 0 bridgehead atoms. The molecule has 0 spiro atoms. The quantitative estimate of drug-likeness (QED) is 0.517. The fraction of sp³-hybridized carbons (Fsp3) is 0.200. The highest BCUT2D eigenvalue weighted by molar-refractivity contribution is 7.12. The van der Waals surface area contributed by atoms with Crippen LogP contribution in [0.15, 0.2) is 39.9 Å². The molecule has 2 aromatic carbocycles. The van der Waals surface area contributed by atoms with E-state index in [9.17, 15) is 9.59 Å². The first kappa shape index (κ1) is 17.0. The zero-order valence-electron chi connectivity index (χ0n) is 14.9. The molecule has 8 heteroatoms. The lowest BCUT2D eigenvalue weighted by atomic mass is 10.00. The van der Waals surface area contributed by atoms with Gasteiger partial charge in [-0.05, 0) is 48.1 Å². The minimum absolute atomic E-state index is 0.0751. The van der Waals surface area contributed by atoms with Gasteiger partial charge < -0.3 is 15.0 Å². The van der Waals surface area contributed by atoms with Crippen molar-refractivity contribution in [2.75, 3.05) is 12.8 Å². The summed E-state index contributed by atoms with van der Waals surface area (Å²) in [6, 6.07) is 8.17. The second-order valence-electron chi connectivity index (χ2n) is 6.93. The highest BCUT2D eigenvalue weighted by Crippen LogP contribution is 2.45. The lowest BCUT2D eigenvalue weighted by molar-refractivity contribution is 0.416. The van der Waals surface area contributed by atoms with Gasteiger partial charge >= 0.3 is 0 Å². The zero-order chi connectivity index (χ0) is 19.6. The Labute approximate surface area is 162 Å². The Hall–Kier alpha value is -3.13. The molecule has 28 heavy (non-hydrogen) atoms. The van der Waals surface area contributed by atoms with E-state index in [1.165, 1.54) is 13.2 Å². The molecule has 0 amide bonds. The van der Waals surface area contributed by atoms with Crippen molar-refractivity contribution in [3.8, 4) is 16.9 Å². The molecule has 1 fully saturated rings. The lowest BCUT2D eigenvalue weighted by Gasteiger charge is -2.18. The van der Waals surface area contributed by atoms with Gasteiger partial charge in [0.1, 0.15) is 16.0 Å². The third-order valence-electron chi connectivity index (χ3n) is 5.14. The number of rotatable bonds is 3. The molecular weight excluding hydrogens is 381 g/mol. The molecule has 1 aliphatic rings. The second-order valence-corrected chi connectivity index (χ2v) is 7.72. The van der Waals surface area contributed by atoms with Crippen molar-refractivity contribution in [3.63, 3.8) is 0 Å². The first-order valence-corrected chi connectivity index (χ1v) is 9.64. The summed E-state index contributed by atoms with van der Waals surface area (Å²) >= 11 is 1.12. The number of halogens is 1. The van der Waals surface area contributed by atoms with Crippen LogP contribution >= 0.6 is 11.5 Å². The number of H-pyrrole nitrogens is 1. The third kappa shape index (κ3) is 2.31. The molecule has 0 unspecified atom stereocenters. The molecule has 0 radical (unpaired) electrons. The van der Waals surface area contributed by atoms with Gasteiger partial charge in [-0.2, -0.15) is 0 Å². The Morgan fingerprint density at radius 2 is 1.96 bits per heavy atom. The molecule has 0 atom stereocenters. The van der Waals surface area contributed by atoms with Crippen molar-refractivity contribution in [2.24, 2.45) is 0 Å². The van der Waals surface area contributed by atoms with Gasteiger partial charge in [0.15, 0.2) is 5.75 Å². The number of aromatic nitrogens is 2. The Balaban J connectivity index is 2.00. The van der Waals surface area contributed by atoms with Crippen molar-refractivity contribution in [1.82, 2.24) is 8.94 Å². The number of pyridine rings is 1. The van der Waals surface area contributed by atoms with Crippen molar-refractivity contribution >= 4 is 38.3 Å². The molecule has 3 N–H and O–H groups in total. The van der Waals surface area contributed by atoms with Crippen LogP contribution in [0.4, 0.5) is 10.1 Å². The van der Waals surface area contributed by atoms with E-state index in [1.54, 1.807) is 24.3 Å². The van der Waals surface area contributed by atoms with Crippen molar-refractivity contribution in [3.05, 3.63) is 56.7 Å². The molecule has 0 saturated heterocycles. The van der Waals surface area contributed by atoms with Crippen LogP contribution in [-0.4, -0.2) is 16.1 Å². The van der Waals surface area contributed by atoms with Crippen LogP contribution in [0.1, 0.15) is 18.9 Å². The van der Waals surface area contributed by atoms with Gasteiger partial charge in [-0.3, -0.25) is 14.0 Å². The zero-order valence-corrected chi connectivity index (χ0v) is 15.7. The molecule has 142 valence electrons. The van der Waals surface area contributed by atoms with E-state index >= 15 is 4.39 Å². The van der Waals surface area contributed by atoms with Crippen molar-refractivity contribution in [2.45, 2.75) is 18.9 Å². The van der Waals surface area contributed by atoms with E-state index in [1.807, 2.05) is 4.57 Å². The standard InChI is InChI=1S/C20H16FN3O3S/c1-27-18-14(9-2-4-10(22)5-3-9)13(21)8-12-16(18)24(11-6-7-11)20-15(17(12)25)19(26)23-28-20/h2-5,8,11H,6-7,22H2,1H3,(H,23,26). The number of ether oxygens (including phenoxy) is 1. The number of nitrogens with one attached hydrogen (secondary N) is 1. The number of hydrogen-bond acceptors (Lipinski definition) is 5. The molecule has 0 aliphatic heterocycles. The topological polar surface area (TPSA) is 90.1 Å². The van der Waals surface area contributed by atoms with Crippen LogP contribution in [0.5, 0.6) is 5.75 Å². The number of aromatic amines is 1. The molecule has 1 aliphatic carbocycles. The van der Waals surface area contributed by atoms with Crippen LogP contribution < -0.4 is 21.5 Å². The van der Waals surface area contributed by atoms with Gasteiger partial charge in [0.05, 0.1) is 23.6 Å². The fourth-order valence-electron chi connectivity index (χ4n) is 3.73. The highest BCUT2D eigenvalue weighted by atomic mass is 32.1. The number of nitrogens with zero attached hydrogens (tertiary/aromatic N) is 1. The lowest BCUT2D eigenvalue weighted by Crippen LogP contribution is -2.16.